The lowest BCUT2D eigenvalue weighted by Crippen LogP contribution is -2.49. The van der Waals surface area contributed by atoms with Gasteiger partial charge in [0.05, 0.1) is 0 Å². The van der Waals surface area contributed by atoms with Crippen LogP contribution in [0.2, 0.25) is 0 Å². The lowest BCUT2D eigenvalue weighted by atomic mass is 10.1. The van der Waals surface area contributed by atoms with Crippen molar-refractivity contribution in [2.75, 3.05) is 26.2 Å². The second kappa shape index (κ2) is 6.08. The maximum atomic E-state index is 10.5. The number of hydrogen-bond donors (Lipinski definition) is 1. The predicted octanol–water partition coefficient (Wildman–Crippen LogP) is 2.13. The summed E-state index contributed by atoms with van der Waals surface area (Å²) in [4.78, 5) is 17.0. The van der Waals surface area contributed by atoms with Crippen LogP contribution in [0.4, 0.5) is 0 Å². The highest BCUT2D eigenvalue weighted by Crippen LogP contribution is 2.24. The summed E-state index contributed by atoms with van der Waals surface area (Å²) in [7, 11) is 0. The van der Waals surface area contributed by atoms with Crippen LogP contribution in [0.3, 0.4) is 0 Å². The molecule has 108 valence electrons. The van der Waals surface area contributed by atoms with Gasteiger partial charge in [-0.15, -0.1) is 11.3 Å². The number of hydrogen-bond acceptors (Lipinski definition) is 4. The number of carbonyl (C=O) groups is 1. The highest BCUT2D eigenvalue weighted by atomic mass is 32.1. The van der Waals surface area contributed by atoms with Gasteiger partial charge in [0.1, 0.15) is 0 Å². The molecule has 2 aliphatic rings. The Bertz CT molecular complexity index is 512. The maximum absolute atomic E-state index is 10.5. The second-order valence-electron chi connectivity index (χ2n) is 5.59. The lowest BCUT2D eigenvalue weighted by molar-refractivity contribution is -0.131. The van der Waals surface area contributed by atoms with E-state index in [-0.39, 0.29) is 0 Å². The smallest absolute Gasteiger partial charge is 0.328 e. The molecule has 2 saturated heterocycles. The average Bonchev–Trinajstić information content (AvgIpc) is 3.04. The SMILES string of the molecule is O=C(O)/C=C/c1csc(CN2CCN3CCCC3C2)c1. The molecule has 2 aliphatic heterocycles. The Kier molecular flexibility index (Phi) is 4.19. The van der Waals surface area contributed by atoms with Crippen molar-refractivity contribution in [2.24, 2.45) is 0 Å². The van der Waals surface area contributed by atoms with Crippen molar-refractivity contribution < 1.29 is 9.90 Å². The molecule has 0 radical (unpaired) electrons. The second-order valence-corrected chi connectivity index (χ2v) is 6.58. The van der Waals surface area contributed by atoms with Gasteiger partial charge in [0, 0.05) is 43.2 Å². The molecule has 20 heavy (non-hydrogen) atoms. The first-order valence-electron chi connectivity index (χ1n) is 7.15. The standard InChI is InChI=1S/C15H20N2O2S/c18-15(19)4-3-12-8-14(20-11-12)10-16-6-7-17-5-1-2-13(17)9-16/h3-4,8,11,13H,1-2,5-7,9-10H2,(H,18,19)/b4-3+. The molecule has 5 heteroatoms. The van der Waals surface area contributed by atoms with Crippen LogP contribution in [0.5, 0.6) is 0 Å². The Morgan fingerprint density at radius 3 is 3.20 bits per heavy atom. The van der Waals surface area contributed by atoms with E-state index in [1.165, 1.54) is 43.4 Å². The molecule has 0 aromatic carbocycles. The van der Waals surface area contributed by atoms with Gasteiger partial charge in [-0.2, -0.15) is 0 Å². The first-order valence-corrected chi connectivity index (χ1v) is 8.03. The zero-order valence-electron chi connectivity index (χ0n) is 11.5. The number of piperazine rings is 1. The number of carboxylic acids is 1. The zero-order valence-corrected chi connectivity index (χ0v) is 12.3. The molecule has 0 aliphatic carbocycles. The summed E-state index contributed by atoms with van der Waals surface area (Å²) in [5, 5.41) is 10.7. The molecule has 1 atom stereocenters. The van der Waals surface area contributed by atoms with Crippen molar-refractivity contribution in [3.63, 3.8) is 0 Å². The number of carboxylic acid groups (broad SMARTS) is 1. The number of aliphatic carboxylic acids is 1. The van der Waals surface area contributed by atoms with Crippen LogP contribution < -0.4 is 0 Å². The summed E-state index contributed by atoms with van der Waals surface area (Å²) < 4.78 is 0. The van der Waals surface area contributed by atoms with Crippen LogP contribution in [0, 0.1) is 0 Å². The number of nitrogens with zero attached hydrogens (tertiary/aromatic N) is 2. The van der Waals surface area contributed by atoms with Crippen LogP contribution in [0.1, 0.15) is 23.3 Å². The fourth-order valence-electron chi connectivity index (χ4n) is 3.15. The van der Waals surface area contributed by atoms with E-state index in [0.717, 1.165) is 24.7 Å². The Morgan fingerprint density at radius 1 is 1.45 bits per heavy atom. The molecule has 0 bridgehead atoms. The summed E-state index contributed by atoms with van der Waals surface area (Å²) in [5.74, 6) is -0.893. The summed E-state index contributed by atoms with van der Waals surface area (Å²) in [5.41, 5.74) is 0.993. The number of fused-ring (bicyclic) bond motifs is 1. The van der Waals surface area contributed by atoms with E-state index >= 15 is 0 Å². The Labute approximate surface area is 123 Å². The molecule has 1 aromatic rings. The number of thiophene rings is 1. The van der Waals surface area contributed by atoms with Crippen molar-refractivity contribution in [2.45, 2.75) is 25.4 Å². The minimum atomic E-state index is -0.893. The predicted molar refractivity (Wildman–Crippen MR) is 80.9 cm³/mol. The van der Waals surface area contributed by atoms with E-state index < -0.39 is 5.97 Å². The summed E-state index contributed by atoms with van der Waals surface area (Å²) in [6.07, 6.45) is 5.55. The molecule has 1 aromatic heterocycles. The van der Waals surface area contributed by atoms with Gasteiger partial charge < -0.3 is 5.11 Å². The van der Waals surface area contributed by atoms with Gasteiger partial charge >= 0.3 is 5.97 Å². The monoisotopic (exact) mass is 292 g/mol. The largest absolute Gasteiger partial charge is 0.478 e. The van der Waals surface area contributed by atoms with Gasteiger partial charge in [-0.05, 0) is 42.5 Å². The van der Waals surface area contributed by atoms with Crippen LogP contribution in [-0.2, 0) is 11.3 Å². The highest BCUT2D eigenvalue weighted by molar-refractivity contribution is 7.10. The fraction of sp³-hybridized carbons (Fsp3) is 0.533. The molecule has 3 rings (SSSR count). The molecule has 4 nitrogen and oxygen atoms in total. The van der Waals surface area contributed by atoms with Crippen LogP contribution >= 0.6 is 11.3 Å². The lowest BCUT2D eigenvalue weighted by Gasteiger charge is -2.37. The molecule has 3 heterocycles. The Morgan fingerprint density at radius 2 is 2.35 bits per heavy atom. The Balaban J connectivity index is 1.56. The quantitative estimate of drug-likeness (QED) is 0.863. The van der Waals surface area contributed by atoms with Gasteiger partial charge in [0.15, 0.2) is 0 Å². The molecule has 0 spiro atoms. The van der Waals surface area contributed by atoms with E-state index in [0.29, 0.717) is 0 Å². The highest BCUT2D eigenvalue weighted by Gasteiger charge is 2.30. The molecular formula is C15H20N2O2S. The van der Waals surface area contributed by atoms with E-state index in [9.17, 15) is 4.79 Å². The van der Waals surface area contributed by atoms with Crippen LogP contribution in [0.15, 0.2) is 17.5 Å². The summed E-state index contributed by atoms with van der Waals surface area (Å²) >= 11 is 1.72. The zero-order chi connectivity index (χ0) is 13.9. The fourth-order valence-corrected chi connectivity index (χ4v) is 4.05. The molecule has 0 amide bonds. The van der Waals surface area contributed by atoms with E-state index in [1.54, 1.807) is 17.4 Å². The van der Waals surface area contributed by atoms with Gasteiger partial charge in [-0.3, -0.25) is 9.80 Å². The third-order valence-electron chi connectivity index (χ3n) is 4.14. The Hall–Kier alpha value is -1.17. The maximum Gasteiger partial charge on any atom is 0.328 e. The van der Waals surface area contributed by atoms with Gasteiger partial charge in [-0.1, -0.05) is 0 Å². The summed E-state index contributed by atoms with van der Waals surface area (Å²) in [6, 6.07) is 2.86. The third-order valence-corrected chi connectivity index (χ3v) is 5.08. The van der Waals surface area contributed by atoms with Gasteiger partial charge in [0.25, 0.3) is 0 Å². The number of rotatable bonds is 4. The van der Waals surface area contributed by atoms with Gasteiger partial charge in [0.2, 0.25) is 0 Å². The van der Waals surface area contributed by atoms with Crippen molar-refractivity contribution in [1.82, 2.24) is 9.80 Å². The van der Waals surface area contributed by atoms with Crippen molar-refractivity contribution in [3.05, 3.63) is 28.0 Å². The average molecular weight is 292 g/mol. The first-order chi connectivity index (χ1) is 9.70. The van der Waals surface area contributed by atoms with Crippen LogP contribution in [0.25, 0.3) is 6.08 Å². The van der Waals surface area contributed by atoms with E-state index in [4.69, 9.17) is 5.11 Å². The van der Waals surface area contributed by atoms with E-state index in [2.05, 4.69) is 15.9 Å². The molecule has 1 unspecified atom stereocenters. The molecular weight excluding hydrogens is 272 g/mol. The summed E-state index contributed by atoms with van der Waals surface area (Å²) in [6.45, 7) is 5.80. The minimum Gasteiger partial charge on any atom is -0.478 e. The molecule has 2 fully saturated rings. The van der Waals surface area contributed by atoms with Crippen molar-refractivity contribution >= 4 is 23.4 Å². The van der Waals surface area contributed by atoms with E-state index in [1.807, 2.05) is 5.38 Å². The normalized spacial score (nSPS) is 24.3. The first kappa shape index (κ1) is 13.8. The topological polar surface area (TPSA) is 43.8 Å². The van der Waals surface area contributed by atoms with Crippen LogP contribution in [-0.4, -0.2) is 53.1 Å². The molecule has 1 N–H and O–H groups in total. The van der Waals surface area contributed by atoms with Crippen molar-refractivity contribution in [3.8, 4) is 0 Å². The minimum absolute atomic E-state index is 0.759. The van der Waals surface area contributed by atoms with Gasteiger partial charge in [-0.25, -0.2) is 4.79 Å². The van der Waals surface area contributed by atoms with Crippen molar-refractivity contribution in [1.29, 1.82) is 0 Å². The molecule has 0 saturated carbocycles. The third kappa shape index (κ3) is 3.29.